The Morgan fingerprint density at radius 1 is 0.667 bits per heavy atom. The summed E-state index contributed by atoms with van der Waals surface area (Å²) in [6.07, 6.45) is -40.2. The molecule has 0 aromatic heterocycles. The summed E-state index contributed by atoms with van der Waals surface area (Å²) < 4.78 is 205. The molecule has 0 spiro atoms. The maximum atomic E-state index is 13.8. The van der Waals surface area contributed by atoms with E-state index in [0.29, 0.717) is 6.92 Å². The molecule has 36 heavy (non-hydrogen) atoms. The van der Waals surface area contributed by atoms with Gasteiger partial charge in [0.15, 0.2) is 5.41 Å². The van der Waals surface area contributed by atoms with Crippen LogP contribution in [0.5, 0.6) is 0 Å². The van der Waals surface area contributed by atoms with Crippen molar-refractivity contribution in [3.63, 3.8) is 0 Å². The molecule has 0 bridgehead atoms. The van der Waals surface area contributed by atoms with Crippen molar-refractivity contribution in [3.8, 4) is 0 Å². The number of esters is 1. The number of alkyl halides is 15. The minimum Gasteiger partial charge on any atom is -0.438 e. The number of rotatable bonds is 5. The van der Waals surface area contributed by atoms with Gasteiger partial charge >= 0.3 is 42.5 Å². The SMILES string of the molecule is CCC(C)(C(=O)OC(C1CCC(C(O)(C(F)(F)F)C(F)(F)F)CC1)(C(F)(F)F)C(F)(F)F)C(F)(F)F. The molecule has 1 saturated carbocycles. The zero-order valence-electron chi connectivity index (χ0n) is 18.1. The molecule has 18 heteroatoms. The van der Waals surface area contributed by atoms with E-state index in [1.165, 1.54) is 0 Å². The fraction of sp³-hybridized carbons (Fsp3) is 0.944. The number of hydrogen-bond acceptors (Lipinski definition) is 3. The van der Waals surface area contributed by atoms with Crippen molar-refractivity contribution in [2.24, 2.45) is 17.3 Å². The molecule has 3 nitrogen and oxygen atoms in total. The number of carbonyl (C=O) groups is 1. The predicted octanol–water partition coefficient (Wildman–Crippen LogP) is 7.03. The van der Waals surface area contributed by atoms with Crippen LogP contribution < -0.4 is 0 Å². The molecule has 1 rings (SSSR count). The van der Waals surface area contributed by atoms with Crippen molar-refractivity contribution in [2.45, 2.75) is 88.0 Å². The van der Waals surface area contributed by atoms with Gasteiger partial charge in [-0.25, -0.2) is 0 Å². The Kier molecular flexibility index (Phi) is 8.36. The van der Waals surface area contributed by atoms with Crippen LogP contribution in [0, 0.1) is 17.3 Å². The highest BCUT2D eigenvalue weighted by molar-refractivity contribution is 5.78. The molecule has 1 fully saturated rings. The number of carbonyl (C=O) groups excluding carboxylic acids is 1. The van der Waals surface area contributed by atoms with Crippen molar-refractivity contribution in [1.82, 2.24) is 0 Å². The monoisotopic (exact) mass is 568 g/mol. The summed E-state index contributed by atoms with van der Waals surface area (Å²) in [4.78, 5) is 12.1. The van der Waals surface area contributed by atoms with Crippen molar-refractivity contribution in [1.29, 1.82) is 0 Å². The maximum absolute atomic E-state index is 13.8. The summed E-state index contributed by atoms with van der Waals surface area (Å²) in [5.74, 6) is -9.05. The summed E-state index contributed by atoms with van der Waals surface area (Å²) in [5.41, 5.74) is -15.0. The maximum Gasteiger partial charge on any atom is 0.437 e. The van der Waals surface area contributed by atoms with Crippen LogP contribution in [-0.4, -0.2) is 53.2 Å². The molecule has 0 aromatic rings. The van der Waals surface area contributed by atoms with E-state index in [2.05, 4.69) is 4.74 Å². The topological polar surface area (TPSA) is 46.5 Å². The smallest absolute Gasteiger partial charge is 0.437 e. The zero-order chi connectivity index (χ0) is 29.0. The Hall–Kier alpha value is -1.62. The summed E-state index contributed by atoms with van der Waals surface area (Å²) in [7, 11) is 0. The van der Waals surface area contributed by atoms with Gasteiger partial charge in [0.25, 0.3) is 5.60 Å². The minimum absolute atomic E-state index is 0.0312. The Balaban J connectivity index is 3.57. The molecular formula is C18H19F15O3. The van der Waals surface area contributed by atoms with Crippen molar-refractivity contribution < 1.29 is 80.5 Å². The molecule has 0 saturated heterocycles. The number of aliphatic hydroxyl groups is 1. The van der Waals surface area contributed by atoms with Crippen LogP contribution in [0.4, 0.5) is 65.9 Å². The number of ether oxygens (including phenoxy) is 1. The first-order chi connectivity index (χ1) is 15.6. The van der Waals surface area contributed by atoms with Gasteiger partial charge in [-0.1, -0.05) is 6.92 Å². The molecule has 1 N–H and O–H groups in total. The predicted molar refractivity (Wildman–Crippen MR) is 87.9 cm³/mol. The Labute approximate surface area is 192 Å². The van der Waals surface area contributed by atoms with Crippen LogP contribution in [-0.2, 0) is 9.53 Å². The molecule has 0 radical (unpaired) electrons. The molecular weight excluding hydrogens is 549 g/mol. The van der Waals surface area contributed by atoms with Crippen LogP contribution in [0.2, 0.25) is 0 Å². The first-order valence-electron chi connectivity index (χ1n) is 9.94. The van der Waals surface area contributed by atoms with E-state index in [1.807, 2.05) is 0 Å². The van der Waals surface area contributed by atoms with Gasteiger partial charge in [-0.15, -0.1) is 0 Å². The lowest BCUT2D eigenvalue weighted by atomic mass is 9.67. The largest absolute Gasteiger partial charge is 0.438 e. The lowest BCUT2D eigenvalue weighted by Gasteiger charge is -2.48. The second kappa shape index (κ2) is 9.29. The van der Waals surface area contributed by atoms with Gasteiger partial charge in [-0.3, -0.25) is 4.79 Å². The standard InChI is InChI=1S/C18H19F15O3/c1-3-11(2,14(19,20)21)10(34)36-13(17(28,29)30,18(31,32)33)9-6-4-8(5-7-9)12(35,15(22,23)24)16(25,26)27/h8-9,35H,3-7H2,1-2H3. The van der Waals surface area contributed by atoms with Crippen LogP contribution >= 0.6 is 0 Å². The van der Waals surface area contributed by atoms with Crippen LogP contribution in [0.15, 0.2) is 0 Å². The lowest BCUT2D eigenvalue weighted by Crippen LogP contribution is -2.67. The molecule has 1 aliphatic rings. The Morgan fingerprint density at radius 3 is 1.25 bits per heavy atom. The van der Waals surface area contributed by atoms with Gasteiger partial charge in [-0.2, -0.15) is 65.9 Å². The average molecular weight is 568 g/mol. The van der Waals surface area contributed by atoms with E-state index in [0.717, 1.165) is 0 Å². The van der Waals surface area contributed by atoms with Crippen molar-refractivity contribution in [3.05, 3.63) is 0 Å². The van der Waals surface area contributed by atoms with Gasteiger partial charge in [0.1, 0.15) is 0 Å². The first kappa shape index (κ1) is 32.4. The molecule has 1 aliphatic carbocycles. The van der Waals surface area contributed by atoms with Gasteiger partial charge in [0.05, 0.1) is 0 Å². The highest BCUT2D eigenvalue weighted by atomic mass is 19.4. The van der Waals surface area contributed by atoms with Crippen molar-refractivity contribution in [2.75, 3.05) is 0 Å². The van der Waals surface area contributed by atoms with Gasteiger partial charge < -0.3 is 9.84 Å². The van der Waals surface area contributed by atoms with E-state index in [9.17, 15) is 75.8 Å². The highest BCUT2D eigenvalue weighted by Crippen LogP contribution is 2.59. The second-order valence-electron chi connectivity index (χ2n) is 8.61. The third-order valence-electron chi connectivity index (χ3n) is 6.64. The van der Waals surface area contributed by atoms with Gasteiger partial charge in [0.2, 0.25) is 0 Å². The summed E-state index contributed by atoms with van der Waals surface area (Å²) in [6.45, 7) is 0.578. The second-order valence-corrected chi connectivity index (χ2v) is 8.61. The van der Waals surface area contributed by atoms with Crippen LogP contribution in [0.25, 0.3) is 0 Å². The highest BCUT2D eigenvalue weighted by Gasteiger charge is 2.80. The lowest BCUT2D eigenvalue weighted by molar-refractivity contribution is -0.401. The quantitative estimate of drug-likeness (QED) is 0.286. The molecule has 1 unspecified atom stereocenters. The van der Waals surface area contributed by atoms with Gasteiger partial charge in [0, 0.05) is 11.8 Å². The fourth-order valence-electron chi connectivity index (χ4n) is 4.08. The first-order valence-corrected chi connectivity index (χ1v) is 9.94. The molecule has 1 atom stereocenters. The normalized spacial score (nSPS) is 23.3. The van der Waals surface area contributed by atoms with E-state index in [4.69, 9.17) is 0 Å². The van der Waals surface area contributed by atoms with E-state index >= 15 is 0 Å². The van der Waals surface area contributed by atoms with E-state index in [-0.39, 0.29) is 6.92 Å². The summed E-state index contributed by atoms with van der Waals surface area (Å²) >= 11 is 0. The minimum atomic E-state index is -6.68. The number of halogens is 15. The Bertz CT molecular complexity index is 754. The Morgan fingerprint density at radius 2 is 1.00 bits per heavy atom. The van der Waals surface area contributed by atoms with Crippen molar-refractivity contribution >= 4 is 5.97 Å². The average Bonchev–Trinajstić information content (AvgIpc) is 2.66. The number of hydrogen-bond donors (Lipinski definition) is 1. The summed E-state index contributed by atoms with van der Waals surface area (Å²) in [5, 5.41) is 9.39. The fourth-order valence-corrected chi connectivity index (χ4v) is 4.08. The third-order valence-corrected chi connectivity index (χ3v) is 6.64. The van der Waals surface area contributed by atoms with Crippen LogP contribution in [0.1, 0.15) is 46.0 Å². The van der Waals surface area contributed by atoms with Gasteiger partial charge in [-0.05, 0) is 39.0 Å². The van der Waals surface area contributed by atoms with E-state index < -0.39 is 97.4 Å². The zero-order valence-corrected chi connectivity index (χ0v) is 18.1. The third kappa shape index (κ3) is 5.06. The molecule has 0 aliphatic heterocycles. The molecule has 0 heterocycles. The van der Waals surface area contributed by atoms with E-state index in [1.54, 1.807) is 0 Å². The summed E-state index contributed by atoms with van der Waals surface area (Å²) in [6, 6.07) is 0. The molecule has 214 valence electrons. The molecule has 0 amide bonds. The molecule has 0 aromatic carbocycles. The van der Waals surface area contributed by atoms with Crippen LogP contribution in [0.3, 0.4) is 0 Å².